The minimum Gasteiger partial charge on any atom is -0.367 e. The van der Waals surface area contributed by atoms with Crippen LogP contribution in [0.3, 0.4) is 0 Å². The number of aliphatic imine (C=N–C) groups is 1. The summed E-state index contributed by atoms with van der Waals surface area (Å²) < 4.78 is 21.6. The minimum atomic E-state index is -0.237. The summed E-state index contributed by atoms with van der Waals surface area (Å²) in [5.74, 6) is 2.63. The predicted octanol–water partition coefficient (Wildman–Crippen LogP) is 2.68. The molecule has 7 nitrogen and oxygen atoms in total. The fourth-order valence-corrected chi connectivity index (χ4v) is 4.15. The van der Waals surface area contributed by atoms with E-state index in [2.05, 4.69) is 30.0 Å². The van der Waals surface area contributed by atoms with Gasteiger partial charge in [0.1, 0.15) is 17.7 Å². The van der Waals surface area contributed by atoms with Gasteiger partial charge in [0, 0.05) is 26.6 Å². The van der Waals surface area contributed by atoms with Gasteiger partial charge in [0.05, 0.1) is 19.2 Å². The van der Waals surface area contributed by atoms with Crippen molar-refractivity contribution < 1.29 is 9.13 Å². The molecule has 0 saturated carbocycles. The Hall–Kier alpha value is -2.48. The highest BCUT2D eigenvalue weighted by Crippen LogP contribution is 2.25. The van der Waals surface area contributed by atoms with Gasteiger partial charge in [-0.1, -0.05) is 18.6 Å². The lowest BCUT2D eigenvalue weighted by atomic mass is 10.1. The number of morpholine rings is 1. The number of aromatic nitrogens is 3. The zero-order valence-electron chi connectivity index (χ0n) is 17.1. The molecule has 2 atom stereocenters. The maximum Gasteiger partial charge on any atom is 0.194 e. The molecule has 1 aromatic heterocycles. The van der Waals surface area contributed by atoms with E-state index in [1.54, 1.807) is 19.2 Å². The summed E-state index contributed by atoms with van der Waals surface area (Å²) in [5.41, 5.74) is 0.973. The zero-order chi connectivity index (χ0) is 20.2. The molecule has 4 rings (SSSR count). The Bertz CT molecular complexity index is 849. The molecule has 2 aromatic rings. The summed E-state index contributed by atoms with van der Waals surface area (Å²) in [5, 5.41) is 12.2. The van der Waals surface area contributed by atoms with Gasteiger partial charge in [-0.25, -0.2) is 4.39 Å². The summed E-state index contributed by atoms with van der Waals surface area (Å²) in [6, 6.07) is 6.54. The number of rotatable bonds is 3. The Morgan fingerprint density at radius 1 is 1.21 bits per heavy atom. The Labute approximate surface area is 171 Å². The maximum atomic E-state index is 13.3. The van der Waals surface area contributed by atoms with Gasteiger partial charge in [-0.3, -0.25) is 4.99 Å². The number of hydrogen-bond acceptors (Lipinski definition) is 4. The molecule has 0 radical (unpaired) electrons. The summed E-state index contributed by atoms with van der Waals surface area (Å²) in [6.07, 6.45) is 4.52. The van der Waals surface area contributed by atoms with Crippen LogP contribution in [0.25, 0.3) is 0 Å². The third-order valence-corrected chi connectivity index (χ3v) is 5.60. The van der Waals surface area contributed by atoms with E-state index in [4.69, 9.17) is 4.74 Å². The van der Waals surface area contributed by atoms with Crippen molar-refractivity contribution in [3.05, 3.63) is 47.3 Å². The van der Waals surface area contributed by atoms with Crippen LogP contribution in [0, 0.1) is 5.82 Å². The summed E-state index contributed by atoms with van der Waals surface area (Å²) in [6.45, 7) is 5.03. The normalized spacial score (nSPS) is 22.9. The van der Waals surface area contributed by atoms with Crippen LogP contribution in [0.15, 0.2) is 29.3 Å². The fourth-order valence-electron chi connectivity index (χ4n) is 4.15. The smallest absolute Gasteiger partial charge is 0.194 e. The second-order valence-corrected chi connectivity index (χ2v) is 7.79. The Morgan fingerprint density at radius 3 is 2.83 bits per heavy atom. The van der Waals surface area contributed by atoms with Gasteiger partial charge in [0.25, 0.3) is 0 Å². The van der Waals surface area contributed by atoms with Crippen LogP contribution in [-0.4, -0.2) is 51.9 Å². The number of nitrogens with one attached hydrogen (secondary N) is 1. The lowest BCUT2D eigenvalue weighted by Crippen LogP contribution is -2.50. The van der Waals surface area contributed by atoms with Crippen molar-refractivity contribution in [2.75, 3.05) is 20.1 Å². The largest absolute Gasteiger partial charge is 0.367 e. The highest BCUT2D eigenvalue weighted by molar-refractivity contribution is 5.80. The van der Waals surface area contributed by atoms with Gasteiger partial charge in [-0.05, 0) is 37.5 Å². The van der Waals surface area contributed by atoms with E-state index < -0.39 is 0 Å². The van der Waals surface area contributed by atoms with Crippen LogP contribution in [0.5, 0.6) is 0 Å². The molecule has 8 heteroatoms. The fraction of sp³-hybridized carbons (Fsp3) is 0.571. The van der Waals surface area contributed by atoms with Crippen molar-refractivity contribution in [1.82, 2.24) is 25.0 Å². The highest BCUT2D eigenvalue weighted by atomic mass is 19.1. The Balaban J connectivity index is 1.43. The predicted molar refractivity (Wildman–Crippen MR) is 109 cm³/mol. The first-order valence-electron chi connectivity index (χ1n) is 10.4. The average Bonchev–Trinajstić information content (AvgIpc) is 2.95. The van der Waals surface area contributed by atoms with Gasteiger partial charge in [0.15, 0.2) is 11.8 Å². The molecule has 0 bridgehead atoms. The minimum absolute atomic E-state index is 0.0433. The van der Waals surface area contributed by atoms with E-state index in [9.17, 15) is 4.39 Å². The molecule has 3 heterocycles. The van der Waals surface area contributed by atoms with Crippen molar-refractivity contribution in [1.29, 1.82) is 0 Å². The highest BCUT2D eigenvalue weighted by Gasteiger charge is 2.28. The quantitative estimate of drug-likeness (QED) is 0.634. The van der Waals surface area contributed by atoms with Crippen LogP contribution in [0.4, 0.5) is 4.39 Å². The SMILES string of the molecule is CN=C(NCc1nnc2n1CCCCC2)N1CC(C)OC(c2ccc(F)cc2)C1. The van der Waals surface area contributed by atoms with Crippen LogP contribution in [0.2, 0.25) is 0 Å². The molecular weight excluding hydrogens is 371 g/mol. The summed E-state index contributed by atoms with van der Waals surface area (Å²) in [4.78, 5) is 6.67. The van der Waals surface area contributed by atoms with Crippen molar-refractivity contribution in [2.45, 2.75) is 57.9 Å². The number of guanidine groups is 1. The molecule has 29 heavy (non-hydrogen) atoms. The van der Waals surface area contributed by atoms with Crippen LogP contribution < -0.4 is 5.32 Å². The maximum absolute atomic E-state index is 13.3. The molecule has 1 aromatic carbocycles. The van der Waals surface area contributed by atoms with Gasteiger partial charge < -0.3 is 19.5 Å². The molecule has 0 spiro atoms. The Morgan fingerprint density at radius 2 is 2.03 bits per heavy atom. The summed E-state index contributed by atoms with van der Waals surface area (Å²) in [7, 11) is 1.79. The number of nitrogens with zero attached hydrogens (tertiary/aromatic N) is 5. The molecule has 0 aliphatic carbocycles. The lowest BCUT2D eigenvalue weighted by molar-refractivity contribution is -0.0605. The van der Waals surface area contributed by atoms with Gasteiger partial charge in [-0.15, -0.1) is 10.2 Å². The molecule has 1 N–H and O–H groups in total. The first-order chi connectivity index (χ1) is 14.1. The molecule has 1 saturated heterocycles. The number of benzene rings is 1. The number of ether oxygens (including phenoxy) is 1. The third kappa shape index (κ3) is 4.58. The van der Waals surface area contributed by atoms with Gasteiger partial charge >= 0.3 is 0 Å². The molecule has 156 valence electrons. The van der Waals surface area contributed by atoms with E-state index in [1.807, 2.05) is 6.92 Å². The Kier molecular flexibility index (Phi) is 6.08. The monoisotopic (exact) mass is 400 g/mol. The lowest BCUT2D eigenvalue weighted by Gasteiger charge is -2.38. The van der Waals surface area contributed by atoms with E-state index in [0.29, 0.717) is 13.1 Å². The van der Waals surface area contributed by atoms with Crippen molar-refractivity contribution in [3.63, 3.8) is 0 Å². The number of halogens is 1. The first kappa shape index (κ1) is 19.8. The summed E-state index contributed by atoms with van der Waals surface area (Å²) >= 11 is 0. The number of hydrogen-bond donors (Lipinski definition) is 1. The average molecular weight is 401 g/mol. The second-order valence-electron chi connectivity index (χ2n) is 7.79. The third-order valence-electron chi connectivity index (χ3n) is 5.60. The standard InChI is InChI=1S/C21H29FN6O/c1-15-13-27(14-18(29-15)16-7-9-17(22)10-8-16)21(23-2)24-12-20-26-25-19-6-4-3-5-11-28(19)20/h7-10,15,18H,3-6,11-14H2,1-2H3,(H,23,24). The van der Waals surface area contributed by atoms with Gasteiger partial charge in [-0.2, -0.15) is 0 Å². The van der Waals surface area contributed by atoms with Crippen molar-refractivity contribution >= 4 is 5.96 Å². The van der Waals surface area contributed by atoms with Crippen LogP contribution in [0.1, 0.15) is 49.5 Å². The molecule has 0 amide bonds. The van der Waals surface area contributed by atoms with E-state index in [1.165, 1.54) is 31.4 Å². The van der Waals surface area contributed by atoms with E-state index in [0.717, 1.165) is 42.7 Å². The van der Waals surface area contributed by atoms with E-state index >= 15 is 0 Å². The van der Waals surface area contributed by atoms with E-state index in [-0.39, 0.29) is 18.0 Å². The second kappa shape index (κ2) is 8.90. The van der Waals surface area contributed by atoms with Crippen molar-refractivity contribution in [2.24, 2.45) is 4.99 Å². The van der Waals surface area contributed by atoms with Crippen LogP contribution >= 0.6 is 0 Å². The zero-order valence-corrected chi connectivity index (χ0v) is 17.1. The molecule has 2 unspecified atom stereocenters. The molecular formula is C21H29FN6O. The molecule has 2 aliphatic rings. The van der Waals surface area contributed by atoms with Crippen molar-refractivity contribution in [3.8, 4) is 0 Å². The first-order valence-corrected chi connectivity index (χ1v) is 10.4. The molecule has 1 fully saturated rings. The number of aryl methyl sites for hydroxylation is 1. The topological polar surface area (TPSA) is 67.6 Å². The van der Waals surface area contributed by atoms with Crippen LogP contribution in [-0.2, 0) is 24.2 Å². The molecule has 2 aliphatic heterocycles. The van der Waals surface area contributed by atoms with Gasteiger partial charge in [0.2, 0.25) is 0 Å². The number of fused-ring (bicyclic) bond motifs is 1.